The van der Waals surface area contributed by atoms with E-state index in [1.165, 1.54) is 0 Å². The maximum absolute atomic E-state index is 14.9. The second kappa shape index (κ2) is 13.7. The highest BCUT2D eigenvalue weighted by Crippen LogP contribution is 2.37. The molecule has 0 unspecified atom stereocenters. The van der Waals surface area contributed by atoms with Gasteiger partial charge in [0, 0.05) is 17.2 Å². The largest absolute Gasteiger partial charge is 0.573 e. The molecule has 4 aromatic carbocycles. The van der Waals surface area contributed by atoms with Crippen molar-refractivity contribution in [2.45, 2.75) is 32.2 Å². The summed E-state index contributed by atoms with van der Waals surface area (Å²) < 4.78 is 175. The van der Waals surface area contributed by atoms with E-state index in [4.69, 9.17) is 0 Å². The molecular weight excluding hydrogens is 656 g/mol. The Bertz CT molecular complexity index is 1830. The molecule has 0 saturated heterocycles. The van der Waals surface area contributed by atoms with Gasteiger partial charge in [0.1, 0.15) is 40.4 Å². The normalized spacial score (nSPS) is 11.9. The van der Waals surface area contributed by atoms with Crippen LogP contribution in [0.2, 0.25) is 0 Å². The molecule has 4 rings (SSSR count). The molecule has 0 aliphatic rings. The van der Waals surface area contributed by atoms with Gasteiger partial charge in [0.05, 0.1) is 5.56 Å². The summed E-state index contributed by atoms with van der Waals surface area (Å²) in [5.41, 5.74) is -4.17. The van der Waals surface area contributed by atoms with Crippen molar-refractivity contribution in [1.29, 1.82) is 0 Å². The van der Waals surface area contributed by atoms with Crippen LogP contribution in [0.1, 0.15) is 35.6 Å². The Morgan fingerprint density at radius 3 is 1.79 bits per heavy atom. The van der Waals surface area contributed by atoms with Gasteiger partial charge in [-0.1, -0.05) is 24.0 Å². The lowest BCUT2D eigenvalue weighted by atomic mass is 10.0. The first-order valence-corrected chi connectivity index (χ1v) is 13.2. The van der Waals surface area contributed by atoms with Crippen LogP contribution in [-0.2, 0) is 12.5 Å². The van der Waals surface area contributed by atoms with Crippen LogP contribution in [0.3, 0.4) is 0 Å². The zero-order valence-electron chi connectivity index (χ0n) is 23.6. The summed E-state index contributed by atoms with van der Waals surface area (Å²) in [5.74, 6) is -9.67. The van der Waals surface area contributed by atoms with Gasteiger partial charge < -0.3 is 9.47 Å². The monoisotopic (exact) mass is 674 g/mol. The van der Waals surface area contributed by atoms with Gasteiger partial charge in [-0.3, -0.25) is 0 Å². The van der Waals surface area contributed by atoms with Gasteiger partial charge >= 0.3 is 12.5 Å². The molecular formula is C33H18F12O2. The number of hydrogen-bond donors (Lipinski definition) is 0. The highest BCUT2D eigenvalue weighted by atomic mass is 19.4. The molecule has 14 heteroatoms. The first-order chi connectivity index (χ1) is 22.0. The van der Waals surface area contributed by atoms with Crippen LogP contribution in [0.15, 0.2) is 66.7 Å². The molecule has 0 spiro atoms. The molecule has 0 amide bonds. The van der Waals surface area contributed by atoms with Gasteiger partial charge in [0.15, 0.2) is 11.6 Å². The number of benzene rings is 4. The van der Waals surface area contributed by atoms with Gasteiger partial charge in [-0.05, 0) is 79.4 Å². The first kappa shape index (κ1) is 34.8. The van der Waals surface area contributed by atoms with E-state index in [-0.39, 0.29) is 12.0 Å². The Morgan fingerprint density at radius 1 is 0.660 bits per heavy atom. The Hall–Kier alpha value is -5.06. The number of allylic oxidation sites excluding steroid dienone is 2. The summed E-state index contributed by atoms with van der Waals surface area (Å²) >= 11 is 0. The molecule has 4 aromatic rings. The Balaban J connectivity index is 1.56. The van der Waals surface area contributed by atoms with E-state index in [9.17, 15) is 52.7 Å². The van der Waals surface area contributed by atoms with Crippen molar-refractivity contribution in [2.24, 2.45) is 0 Å². The van der Waals surface area contributed by atoms with Crippen LogP contribution >= 0.6 is 0 Å². The van der Waals surface area contributed by atoms with E-state index < -0.39 is 92.5 Å². The summed E-state index contributed by atoms with van der Waals surface area (Å²) in [5, 5.41) is 0. The summed E-state index contributed by atoms with van der Waals surface area (Å²) in [7, 11) is 0. The third kappa shape index (κ3) is 8.41. The van der Waals surface area contributed by atoms with Gasteiger partial charge in [0.2, 0.25) is 5.75 Å². The number of aryl methyl sites for hydroxylation is 1. The number of hydrogen-bond acceptors (Lipinski definition) is 2. The fourth-order valence-electron chi connectivity index (χ4n) is 4.29. The van der Waals surface area contributed by atoms with Crippen LogP contribution < -0.4 is 9.47 Å². The number of halogens is 12. The fourth-order valence-corrected chi connectivity index (χ4v) is 4.29. The van der Waals surface area contributed by atoms with E-state index >= 15 is 0 Å². The van der Waals surface area contributed by atoms with E-state index in [0.29, 0.717) is 36.8 Å². The van der Waals surface area contributed by atoms with Crippen molar-refractivity contribution in [3.05, 3.63) is 130 Å². The zero-order chi connectivity index (χ0) is 34.7. The zero-order valence-corrected chi connectivity index (χ0v) is 23.6. The van der Waals surface area contributed by atoms with Crippen molar-refractivity contribution in [1.82, 2.24) is 0 Å². The van der Waals surface area contributed by atoms with Crippen molar-refractivity contribution < 1.29 is 62.2 Å². The second-order valence-corrected chi connectivity index (χ2v) is 9.68. The Labute approximate surface area is 258 Å². The van der Waals surface area contributed by atoms with Crippen molar-refractivity contribution in [3.63, 3.8) is 0 Å². The number of alkyl halides is 5. The van der Waals surface area contributed by atoms with Crippen LogP contribution in [0.5, 0.6) is 11.5 Å². The van der Waals surface area contributed by atoms with Gasteiger partial charge in [-0.25, -0.2) is 30.7 Å². The molecule has 246 valence electrons. The first-order valence-electron chi connectivity index (χ1n) is 13.2. The van der Waals surface area contributed by atoms with E-state index in [1.54, 1.807) is 19.1 Å². The number of ether oxygens (including phenoxy) is 2. The molecule has 2 nitrogen and oxygen atoms in total. The molecule has 47 heavy (non-hydrogen) atoms. The molecule has 0 heterocycles. The lowest BCUT2D eigenvalue weighted by Gasteiger charge is -2.20. The topological polar surface area (TPSA) is 18.5 Å². The average molecular weight is 674 g/mol. The highest BCUT2D eigenvalue weighted by molar-refractivity contribution is 5.66. The molecule has 0 radical (unpaired) electrons. The number of rotatable bonds is 8. The third-order valence-electron chi connectivity index (χ3n) is 6.32. The van der Waals surface area contributed by atoms with E-state index in [0.717, 1.165) is 24.3 Å². The van der Waals surface area contributed by atoms with Crippen LogP contribution in [-0.4, -0.2) is 6.36 Å². The van der Waals surface area contributed by atoms with Crippen LogP contribution in [0, 0.1) is 52.6 Å². The lowest BCUT2D eigenvalue weighted by molar-refractivity contribution is -0.276. The molecule has 0 atom stereocenters. The summed E-state index contributed by atoms with van der Waals surface area (Å²) in [6.45, 7) is 1.73. The SMILES string of the molecule is C/C=C/CCc1cc(F)c(C(F)(F)Oc2ccc(-c3cc(F)c(C#Cc4cc(F)c(OC(F)(F)F)c(F)c4)c(F)c3)c(F)c2)c(F)c1. The van der Waals surface area contributed by atoms with Gasteiger partial charge in [-0.2, -0.15) is 8.78 Å². The Kier molecular flexibility index (Phi) is 10.2. The summed E-state index contributed by atoms with van der Waals surface area (Å²) in [6.07, 6.45) is -6.01. The van der Waals surface area contributed by atoms with Gasteiger partial charge in [-0.15, -0.1) is 13.2 Å². The Morgan fingerprint density at radius 2 is 1.26 bits per heavy atom. The highest BCUT2D eigenvalue weighted by Gasteiger charge is 2.41. The molecule has 0 saturated carbocycles. The van der Waals surface area contributed by atoms with E-state index in [2.05, 4.69) is 9.47 Å². The molecule has 0 bridgehead atoms. The molecule has 0 aromatic heterocycles. The summed E-state index contributed by atoms with van der Waals surface area (Å²) in [6, 6.07) is 5.22. The molecule has 0 aliphatic heterocycles. The molecule has 0 N–H and O–H groups in total. The maximum Gasteiger partial charge on any atom is 0.573 e. The summed E-state index contributed by atoms with van der Waals surface area (Å²) in [4.78, 5) is 0. The fraction of sp³-hybridized carbons (Fsp3) is 0.152. The lowest BCUT2D eigenvalue weighted by Crippen LogP contribution is -2.25. The standard InChI is InChI=1S/C33H18F12O2/c1-2-3-4-5-17-10-26(37)30(27(38)11-17)32(41,42)46-20-7-9-21(25(36)16-20)19-14-23(34)22(24(35)15-19)8-6-18-12-28(39)31(29(40)13-18)47-33(43,44)45/h2-3,7,9-16H,4-5H2,1H3/b3-2+. The third-order valence-corrected chi connectivity index (χ3v) is 6.32. The second-order valence-electron chi connectivity index (χ2n) is 9.68. The van der Waals surface area contributed by atoms with Crippen molar-refractivity contribution in [2.75, 3.05) is 0 Å². The van der Waals surface area contributed by atoms with Gasteiger partial charge in [0.25, 0.3) is 0 Å². The minimum Gasteiger partial charge on any atom is -0.429 e. The van der Waals surface area contributed by atoms with Crippen LogP contribution in [0.25, 0.3) is 11.1 Å². The smallest absolute Gasteiger partial charge is 0.429 e. The van der Waals surface area contributed by atoms with Crippen molar-refractivity contribution >= 4 is 0 Å². The molecule has 0 aliphatic carbocycles. The van der Waals surface area contributed by atoms with Crippen molar-refractivity contribution in [3.8, 4) is 34.5 Å². The quantitative estimate of drug-likeness (QED) is 0.105. The average Bonchev–Trinajstić information content (AvgIpc) is 2.93. The predicted molar refractivity (Wildman–Crippen MR) is 145 cm³/mol. The minimum absolute atomic E-state index is 0.112. The van der Waals surface area contributed by atoms with Crippen LogP contribution in [0.4, 0.5) is 52.7 Å². The molecule has 0 fully saturated rings. The maximum atomic E-state index is 14.9. The predicted octanol–water partition coefficient (Wildman–Crippen LogP) is 10.3. The minimum atomic E-state index is -5.40. The van der Waals surface area contributed by atoms with E-state index in [1.807, 2.05) is 11.8 Å².